The Balaban J connectivity index is 2.20. The highest BCUT2D eigenvalue weighted by Gasteiger charge is 2.39. The molecule has 1 unspecified atom stereocenters. The van der Waals surface area contributed by atoms with Crippen LogP contribution in [0.25, 0.3) is 11.1 Å². The van der Waals surface area contributed by atoms with Crippen LogP contribution in [0.1, 0.15) is 40.2 Å². The second-order valence-corrected chi connectivity index (χ2v) is 8.26. The molecule has 0 aliphatic carbocycles. The fourth-order valence-electron chi connectivity index (χ4n) is 3.15. The number of rotatable bonds is 8. The quantitative estimate of drug-likeness (QED) is 0.469. The van der Waals surface area contributed by atoms with Gasteiger partial charge in [-0.2, -0.15) is 0 Å². The predicted molar refractivity (Wildman–Crippen MR) is 116 cm³/mol. The molecule has 2 atom stereocenters. The Labute approximate surface area is 178 Å². The molecule has 0 radical (unpaired) electrons. The van der Waals surface area contributed by atoms with Crippen molar-refractivity contribution in [2.45, 2.75) is 46.6 Å². The van der Waals surface area contributed by atoms with Gasteiger partial charge in [-0.1, -0.05) is 61.5 Å². The fourth-order valence-corrected chi connectivity index (χ4v) is 3.15. The average molecular weight is 411 g/mol. The monoisotopic (exact) mass is 410 g/mol. The highest BCUT2D eigenvalue weighted by Crippen LogP contribution is 2.24. The van der Waals surface area contributed by atoms with E-state index in [1.807, 2.05) is 54.6 Å². The van der Waals surface area contributed by atoms with Crippen LogP contribution in [0.3, 0.4) is 0 Å². The molecule has 2 aromatic rings. The third kappa shape index (κ3) is 6.55. The zero-order chi connectivity index (χ0) is 22.3. The van der Waals surface area contributed by atoms with Crippen molar-refractivity contribution < 1.29 is 23.9 Å². The molecule has 5 heteroatoms. The van der Waals surface area contributed by atoms with Gasteiger partial charge in [-0.05, 0) is 44.4 Å². The van der Waals surface area contributed by atoms with Crippen LogP contribution in [0, 0.1) is 11.8 Å². The number of ether oxygens (including phenoxy) is 2. The van der Waals surface area contributed by atoms with Crippen LogP contribution in [-0.2, 0) is 30.3 Å². The maximum absolute atomic E-state index is 13.0. The number of hydrogen-bond donors (Lipinski definition) is 0. The number of carbonyl (C=O) groups is 3. The largest absolute Gasteiger partial charge is 0.466 e. The number of Topliss-reactive ketones (excluding diaryl/α,β-unsaturated/α-hetero) is 1. The average Bonchev–Trinajstić information content (AvgIpc) is 2.68. The molecule has 2 aromatic carbocycles. The molecule has 0 bridgehead atoms. The van der Waals surface area contributed by atoms with Crippen molar-refractivity contribution in [3.63, 3.8) is 0 Å². The number of benzene rings is 2. The van der Waals surface area contributed by atoms with Gasteiger partial charge in [0.15, 0.2) is 5.78 Å². The molecule has 5 nitrogen and oxygen atoms in total. The normalized spacial score (nSPS) is 13.2. The van der Waals surface area contributed by atoms with E-state index in [9.17, 15) is 14.4 Å². The molecule has 2 rings (SSSR count). The van der Waals surface area contributed by atoms with Gasteiger partial charge in [-0.25, -0.2) is 0 Å². The zero-order valence-electron chi connectivity index (χ0n) is 18.3. The van der Waals surface area contributed by atoms with Crippen molar-refractivity contribution >= 4 is 17.7 Å². The molecule has 0 aromatic heterocycles. The van der Waals surface area contributed by atoms with E-state index in [1.54, 1.807) is 27.7 Å². The second kappa shape index (κ2) is 10.2. The highest BCUT2D eigenvalue weighted by atomic mass is 16.6. The van der Waals surface area contributed by atoms with E-state index in [4.69, 9.17) is 9.47 Å². The smallest absolute Gasteiger partial charge is 0.317 e. The van der Waals surface area contributed by atoms with Gasteiger partial charge in [-0.3, -0.25) is 14.4 Å². The van der Waals surface area contributed by atoms with Gasteiger partial charge < -0.3 is 9.47 Å². The fraction of sp³-hybridized carbons (Fsp3) is 0.400. The van der Waals surface area contributed by atoms with Crippen molar-refractivity contribution in [3.8, 4) is 11.1 Å². The first-order valence-electron chi connectivity index (χ1n) is 10.2. The van der Waals surface area contributed by atoms with E-state index in [1.165, 1.54) is 6.92 Å². The summed E-state index contributed by atoms with van der Waals surface area (Å²) in [5, 5.41) is 0. The first-order valence-corrected chi connectivity index (χ1v) is 10.2. The van der Waals surface area contributed by atoms with Crippen molar-refractivity contribution in [2.24, 2.45) is 11.8 Å². The molecule has 0 saturated heterocycles. The predicted octanol–water partition coefficient (Wildman–Crippen LogP) is 4.62. The first kappa shape index (κ1) is 23.3. The third-order valence-electron chi connectivity index (χ3n) is 4.61. The van der Waals surface area contributed by atoms with Gasteiger partial charge in [0, 0.05) is 6.42 Å². The molecular formula is C25H30O5. The summed E-state index contributed by atoms with van der Waals surface area (Å²) in [5.74, 6) is -3.78. The second-order valence-electron chi connectivity index (χ2n) is 8.26. The summed E-state index contributed by atoms with van der Waals surface area (Å²) in [4.78, 5) is 38.0. The Bertz CT molecular complexity index is 863. The summed E-state index contributed by atoms with van der Waals surface area (Å²) in [6.45, 7) is 8.57. The van der Waals surface area contributed by atoms with Crippen LogP contribution < -0.4 is 0 Å². The molecule has 0 saturated carbocycles. The Morgan fingerprint density at radius 1 is 0.867 bits per heavy atom. The lowest BCUT2D eigenvalue weighted by Gasteiger charge is -2.26. The molecule has 0 aliphatic rings. The summed E-state index contributed by atoms with van der Waals surface area (Å²) < 4.78 is 10.4. The summed E-state index contributed by atoms with van der Waals surface area (Å²) in [6, 6.07) is 17.5. The van der Waals surface area contributed by atoms with Crippen molar-refractivity contribution in [1.82, 2.24) is 0 Å². The molecule has 0 aliphatic heterocycles. The molecule has 0 spiro atoms. The Morgan fingerprint density at radius 2 is 1.43 bits per heavy atom. The standard InChI is InChI=1S/C25H30O5/c1-6-29-23(27)17(2)22(24(28)30-25(3,4)5)21(26)16-18-12-14-20(15-13-18)19-10-8-7-9-11-19/h7-15,17,22H,6,16H2,1-5H3/t17-,22?/m1/s1. The number of esters is 2. The maximum atomic E-state index is 13.0. The summed E-state index contributed by atoms with van der Waals surface area (Å²) >= 11 is 0. The van der Waals surface area contributed by atoms with Crippen molar-refractivity contribution in [1.29, 1.82) is 0 Å². The van der Waals surface area contributed by atoms with Gasteiger partial charge in [0.25, 0.3) is 0 Å². The van der Waals surface area contributed by atoms with E-state index in [2.05, 4.69) is 0 Å². The van der Waals surface area contributed by atoms with Crippen molar-refractivity contribution in [2.75, 3.05) is 6.61 Å². The Kier molecular flexibility index (Phi) is 7.93. The van der Waals surface area contributed by atoms with Gasteiger partial charge >= 0.3 is 11.9 Å². The minimum absolute atomic E-state index is 0.0305. The van der Waals surface area contributed by atoms with Crippen LogP contribution in [0.4, 0.5) is 0 Å². The Morgan fingerprint density at radius 3 is 1.97 bits per heavy atom. The lowest BCUT2D eigenvalue weighted by molar-refractivity contribution is -0.169. The summed E-state index contributed by atoms with van der Waals surface area (Å²) in [6.07, 6.45) is 0.0305. The van der Waals surface area contributed by atoms with Crippen LogP contribution >= 0.6 is 0 Å². The molecule has 0 heterocycles. The van der Waals surface area contributed by atoms with Crippen LogP contribution in [0.15, 0.2) is 54.6 Å². The third-order valence-corrected chi connectivity index (χ3v) is 4.61. The number of hydrogen-bond acceptors (Lipinski definition) is 5. The van der Waals surface area contributed by atoms with Crippen LogP contribution in [0.2, 0.25) is 0 Å². The molecule has 0 amide bonds. The van der Waals surface area contributed by atoms with Crippen LogP contribution in [0.5, 0.6) is 0 Å². The van der Waals surface area contributed by atoms with Gasteiger partial charge in [0.05, 0.1) is 12.5 Å². The Hall–Kier alpha value is -2.95. The zero-order valence-corrected chi connectivity index (χ0v) is 18.3. The van der Waals surface area contributed by atoms with Gasteiger partial charge in [0.2, 0.25) is 0 Å². The molecule has 0 fully saturated rings. The molecule has 30 heavy (non-hydrogen) atoms. The van der Waals surface area contributed by atoms with Crippen molar-refractivity contribution in [3.05, 3.63) is 60.2 Å². The minimum Gasteiger partial charge on any atom is -0.466 e. The van der Waals surface area contributed by atoms with E-state index in [0.29, 0.717) is 0 Å². The number of ketones is 1. The van der Waals surface area contributed by atoms with Gasteiger partial charge in [-0.15, -0.1) is 0 Å². The highest BCUT2D eigenvalue weighted by molar-refractivity contribution is 6.03. The SMILES string of the molecule is CCOC(=O)[C@H](C)C(C(=O)Cc1ccc(-c2ccccc2)cc1)C(=O)OC(C)(C)C. The van der Waals surface area contributed by atoms with E-state index in [0.717, 1.165) is 16.7 Å². The first-order chi connectivity index (χ1) is 14.1. The lowest BCUT2D eigenvalue weighted by atomic mass is 9.86. The molecule has 160 valence electrons. The van der Waals surface area contributed by atoms with E-state index >= 15 is 0 Å². The number of carbonyl (C=O) groups excluding carboxylic acids is 3. The summed E-state index contributed by atoms with van der Waals surface area (Å²) in [5.41, 5.74) is 2.12. The van der Waals surface area contributed by atoms with E-state index in [-0.39, 0.29) is 18.8 Å². The molecule has 0 N–H and O–H groups in total. The lowest BCUT2D eigenvalue weighted by Crippen LogP contribution is -2.40. The van der Waals surface area contributed by atoms with E-state index < -0.39 is 29.4 Å². The van der Waals surface area contributed by atoms with Crippen LogP contribution in [-0.4, -0.2) is 29.9 Å². The molecular weight excluding hydrogens is 380 g/mol. The maximum Gasteiger partial charge on any atom is 0.317 e. The van der Waals surface area contributed by atoms with Gasteiger partial charge in [0.1, 0.15) is 11.5 Å². The minimum atomic E-state index is -1.21. The topological polar surface area (TPSA) is 69.7 Å². The summed E-state index contributed by atoms with van der Waals surface area (Å²) in [7, 11) is 0.